The highest BCUT2D eigenvalue weighted by Crippen LogP contribution is 2.43. The summed E-state index contributed by atoms with van der Waals surface area (Å²) in [6, 6.07) is 0. The van der Waals surface area contributed by atoms with E-state index in [1.807, 2.05) is 0 Å². The zero-order valence-corrected chi connectivity index (χ0v) is 10.5. The maximum absolute atomic E-state index is 11.5. The first-order valence-electron chi connectivity index (χ1n) is 6.56. The summed E-state index contributed by atoms with van der Waals surface area (Å²) in [7, 11) is 2.14. The van der Waals surface area contributed by atoms with E-state index < -0.39 is 0 Å². The van der Waals surface area contributed by atoms with Crippen molar-refractivity contribution in [2.75, 3.05) is 20.1 Å². The van der Waals surface area contributed by atoms with Gasteiger partial charge in [0.1, 0.15) is 5.60 Å². The molecule has 0 aromatic heterocycles. The predicted octanol–water partition coefficient (Wildman–Crippen LogP) is 2.20. The first-order valence-corrected chi connectivity index (χ1v) is 6.56. The Morgan fingerprint density at radius 2 is 2.12 bits per heavy atom. The summed E-state index contributed by atoms with van der Waals surface area (Å²) < 4.78 is 5.68. The van der Waals surface area contributed by atoms with Crippen LogP contribution < -0.4 is 0 Å². The molecule has 0 amide bonds. The van der Waals surface area contributed by atoms with E-state index in [1.54, 1.807) is 0 Å². The van der Waals surface area contributed by atoms with Crippen molar-refractivity contribution in [2.45, 2.75) is 51.0 Å². The number of unbranched alkanes of at least 4 members (excludes halogenated alkanes) is 1. The fourth-order valence-corrected chi connectivity index (χ4v) is 3.06. The van der Waals surface area contributed by atoms with E-state index in [9.17, 15) is 4.79 Å². The molecule has 16 heavy (non-hydrogen) atoms. The second-order valence-electron chi connectivity index (χ2n) is 5.39. The summed E-state index contributed by atoms with van der Waals surface area (Å²) in [5.74, 6) is 0.513. The number of carbonyl (C=O) groups is 1. The van der Waals surface area contributed by atoms with Crippen LogP contribution in [0.1, 0.15) is 45.4 Å². The average Bonchev–Trinajstić information content (AvgIpc) is 2.57. The Labute approximate surface area is 98.1 Å². The quantitative estimate of drug-likeness (QED) is 0.690. The van der Waals surface area contributed by atoms with Crippen LogP contribution in [0.15, 0.2) is 0 Å². The lowest BCUT2D eigenvalue weighted by molar-refractivity contribution is -0.153. The molecule has 1 atom stereocenters. The Kier molecular flexibility index (Phi) is 3.53. The molecule has 3 heteroatoms. The molecule has 0 aliphatic carbocycles. The second kappa shape index (κ2) is 4.74. The van der Waals surface area contributed by atoms with Gasteiger partial charge < -0.3 is 9.64 Å². The molecule has 1 spiro atoms. The van der Waals surface area contributed by atoms with E-state index in [1.165, 1.54) is 12.8 Å². The van der Waals surface area contributed by atoms with Gasteiger partial charge in [0.25, 0.3) is 0 Å². The standard InChI is InChI=1S/C13H23NO2/c1-3-4-5-11-10-12(15)16-13(11)6-8-14(2)9-7-13/h11H,3-10H2,1-2H3. The van der Waals surface area contributed by atoms with Crippen molar-refractivity contribution >= 4 is 5.97 Å². The van der Waals surface area contributed by atoms with Gasteiger partial charge in [-0.05, 0) is 13.5 Å². The fourth-order valence-electron chi connectivity index (χ4n) is 3.06. The molecule has 2 fully saturated rings. The number of esters is 1. The third-order valence-electron chi connectivity index (χ3n) is 4.21. The van der Waals surface area contributed by atoms with Crippen LogP contribution in [0.4, 0.5) is 0 Å². The van der Waals surface area contributed by atoms with Gasteiger partial charge in [-0.3, -0.25) is 4.79 Å². The summed E-state index contributed by atoms with van der Waals surface area (Å²) >= 11 is 0. The van der Waals surface area contributed by atoms with Gasteiger partial charge in [0.2, 0.25) is 0 Å². The third-order valence-corrected chi connectivity index (χ3v) is 4.21. The largest absolute Gasteiger partial charge is 0.459 e. The normalized spacial score (nSPS) is 29.6. The van der Waals surface area contributed by atoms with Gasteiger partial charge in [-0.15, -0.1) is 0 Å². The van der Waals surface area contributed by atoms with Gasteiger partial charge in [0, 0.05) is 31.8 Å². The maximum Gasteiger partial charge on any atom is 0.306 e. The van der Waals surface area contributed by atoms with Crippen LogP contribution in [0.25, 0.3) is 0 Å². The van der Waals surface area contributed by atoms with Crippen molar-refractivity contribution < 1.29 is 9.53 Å². The lowest BCUT2D eigenvalue weighted by Crippen LogP contribution is -2.46. The van der Waals surface area contributed by atoms with Crippen molar-refractivity contribution in [2.24, 2.45) is 5.92 Å². The molecule has 0 aromatic carbocycles. The Bertz CT molecular complexity index is 257. The highest BCUT2D eigenvalue weighted by molar-refractivity contribution is 5.73. The summed E-state index contributed by atoms with van der Waals surface area (Å²) in [5, 5.41) is 0. The zero-order valence-electron chi connectivity index (χ0n) is 10.5. The highest BCUT2D eigenvalue weighted by atomic mass is 16.6. The van der Waals surface area contributed by atoms with Gasteiger partial charge in [0.15, 0.2) is 0 Å². The molecule has 92 valence electrons. The van der Waals surface area contributed by atoms with Gasteiger partial charge in [-0.2, -0.15) is 0 Å². The van der Waals surface area contributed by atoms with Gasteiger partial charge in [-0.1, -0.05) is 19.8 Å². The average molecular weight is 225 g/mol. The van der Waals surface area contributed by atoms with E-state index in [-0.39, 0.29) is 11.6 Å². The van der Waals surface area contributed by atoms with Crippen molar-refractivity contribution in [1.29, 1.82) is 0 Å². The summed E-state index contributed by atoms with van der Waals surface area (Å²) in [6.45, 7) is 4.34. The van der Waals surface area contributed by atoms with Crippen molar-refractivity contribution in [3.63, 3.8) is 0 Å². The topological polar surface area (TPSA) is 29.5 Å². The molecule has 0 aromatic rings. The first-order chi connectivity index (χ1) is 7.66. The Hall–Kier alpha value is -0.570. The number of hydrogen-bond donors (Lipinski definition) is 0. The highest BCUT2D eigenvalue weighted by Gasteiger charge is 2.49. The zero-order chi connectivity index (χ0) is 11.6. The Morgan fingerprint density at radius 1 is 1.44 bits per heavy atom. The van der Waals surface area contributed by atoms with Gasteiger partial charge >= 0.3 is 5.97 Å². The van der Waals surface area contributed by atoms with Gasteiger partial charge in [-0.25, -0.2) is 0 Å². The number of nitrogens with zero attached hydrogens (tertiary/aromatic N) is 1. The Balaban J connectivity index is 2.02. The molecule has 0 bridgehead atoms. The summed E-state index contributed by atoms with van der Waals surface area (Å²) in [4.78, 5) is 13.9. The molecule has 2 aliphatic heterocycles. The molecule has 2 saturated heterocycles. The van der Waals surface area contributed by atoms with E-state index in [2.05, 4.69) is 18.9 Å². The molecule has 0 radical (unpaired) electrons. The molecule has 2 rings (SSSR count). The van der Waals surface area contributed by atoms with E-state index in [4.69, 9.17) is 4.74 Å². The molecule has 0 saturated carbocycles. The minimum Gasteiger partial charge on any atom is -0.459 e. The minimum absolute atomic E-state index is 0.0330. The number of likely N-dealkylation sites (tertiary alicyclic amines) is 1. The minimum atomic E-state index is -0.0984. The monoisotopic (exact) mass is 225 g/mol. The van der Waals surface area contributed by atoms with Gasteiger partial charge in [0.05, 0.1) is 6.42 Å². The van der Waals surface area contributed by atoms with Crippen LogP contribution in [0.3, 0.4) is 0 Å². The third kappa shape index (κ3) is 2.24. The van der Waals surface area contributed by atoms with Crippen molar-refractivity contribution in [3.05, 3.63) is 0 Å². The fraction of sp³-hybridized carbons (Fsp3) is 0.923. The van der Waals surface area contributed by atoms with Crippen LogP contribution in [0.2, 0.25) is 0 Å². The first kappa shape index (κ1) is 11.9. The Morgan fingerprint density at radius 3 is 2.75 bits per heavy atom. The van der Waals surface area contributed by atoms with E-state index in [0.29, 0.717) is 12.3 Å². The summed E-state index contributed by atoms with van der Waals surface area (Å²) in [5.41, 5.74) is -0.0984. The van der Waals surface area contributed by atoms with E-state index >= 15 is 0 Å². The molecule has 0 N–H and O–H groups in total. The smallest absolute Gasteiger partial charge is 0.306 e. The SMILES string of the molecule is CCCCC1CC(=O)OC12CCN(C)CC2. The lowest BCUT2D eigenvalue weighted by Gasteiger charge is -2.40. The number of carbonyl (C=O) groups excluding carboxylic acids is 1. The lowest BCUT2D eigenvalue weighted by atomic mass is 9.77. The van der Waals surface area contributed by atoms with Crippen LogP contribution in [-0.2, 0) is 9.53 Å². The summed E-state index contributed by atoms with van der Waals surface area (Å²) in [6.07, 6.45) is 6.31. The number of ether oxygens (including phenoxy) is 1. The predicted molar refractivity (Wildman–Crippen MR) is 63.2 cm³/mol. The van der Waals surface area contributed by atoms with Crippen LogP contribution >= 0.6 is 0 Å². The van der Waals surface area contributed by atoms with Crippen molar-refractivity contribution in [3.8, 4) is 0 Å². The molecule has 1 unspecified atom stereocenters. The van der Waals surface area contributed by atoms with E-state index in [0.717, 1.165) is 32.4 Å². The molecule has 2 heterocycles. The number of hydrogen-bond acceptors (Lipinski definition) is 3. The maximum atomic E-state index is 11.5. The molecule has 2 aliphatic rings. The second-order valence-corrected chi connectivity index (χ2v) is 5.39. The van der Waals surface area contributed by atoms with Crippen LogP contribution in [0.5, 0.6) is 0 Å². The van der Waals surface area contributed by atoms with Crippen molar-refractivity contribution in [1.82, 2.24) is 4.90 Å². The number of piperidine rings is 1. The van der Waals surface area contributed by atoms with Crippen LogP contribution in [-0.4, -0.2) is 36.6 Å². The molecule has 3 nitrogen and oxygen atoms in total. The molecular weight excluding hydrogens is 202 g/mol. The van der Waals surface area contributed by atoms with Crippen LogP contribution in [0, 0.1) is 5.92 Å². The number of rotatable bonds is 3. The molecular formula is C13H23NO2.